The molecule has 0 aliphatic carbocycles. The van der Waals surface area contributed by atoms with Crippen LogP contribution in [0.3, 0.4) is 0 Å². The Labute approximate surface area is 115 Å². The Morgan fingerprint density at radius 2 is 1.53 bits per heavy atom. The van der Waals surface area contributed by atoms with Crippen LogP contribution in [0.25, 0.3) is 0 Å². The fraction of sp³-hybridized carbons (Fsp3) is 1.00. The molecule has 0 aromatic carbocycles. The highest BCUT2D eigenvalue weighted by molar-refractivity contribution is 7.40. The Morgan fingerprint density at radius 3 is 1.95 bits per heavy atom. The van der Waals surface area contributed by atoms with Crippen molar-refractivity contribution >= 4 is 17.2 Å². The highest BCUT2D eigenvalue weighted by atomic mass is 31.2. The molecular formula is C9H23NO7P2. The summed E-state index contributed by atoms with van der Waals surface area (Å²) in [6.07, 6.45) is 3.06. The summed E-state index contributed by atoms with van der Waals surface area (Å²) in [5.41, 5.74) is 0. The second-order valence-corrected chi connectivity index (χ2v) is 5.54. The third-order valence-corrected chi connectivity index (χ3v) is 3.30. The summed E-state index contributed by atoms with van der Waals surface area (Å²) in [6, 6.07) is 0. The van der Waals surface area contributed by atoms with E-state index in [0.717, 1.165) is 25.8 Å². The largest absolute Gasteiger partial charge is 0.343 e. The zero-order valence-electron chi connectivity index (χ0n) is 11.1. The number of rotatable bonds is 11. The molecule has 0 atom stereocenters. The van der Waals surface area contributed by atoms with Gasteiger partial charge in [0.1, 0.15) is 0 Å². The number of nitrogens with zero attached hydrogens (tertiary/aromatic N) is 1. The van der Waals surface area contributed by atoms with Crippen LogP contribution < -0.4 is 0 Å². The van der Waals surface area contributed by atoms with Crippen LogP contribution in [0.1, 0.15) is 32.6 Å². The zero-order chi connectivity index (χ0) is 14.9. The smallest absolute Gasteiger partial charge is 0.331 e. The Morgan fingerprint density at radius 1 is 1.00 bits per heavy atom. The number of unbranched alkanes of at least 4 members (excludes halogenated alkanes) is 2. The first-order valence-corrected chi connectivity index (χ1v) is 8.27. The first kappa shape index (κ1) is 19.5. The Kier molecular flexibility index (Phi) is 10.6. The molecule has 0 radical (unpaired) electrons. The van der Waals surface area contributed by atoms with Gasteiger partial charge in [0.25, 0.3) is 5.97 Å². The van der Waals surface area contributed by atoms with Crippen LogP contribution in [0.4, 0.5) is 0 Å². The van der Waals surface area contributed by atoms with Gasteiger partial charge in [-0.2, -0.15) is 0 Å². The molecule has 8 nitrogen and oxygen atoms in total. The summed E-state index contributed by atoms with van der Waals surface area (Å²) in [4.78, 5) is 36.8. The van der Waals surface area contributed by atoms with Gasteiger partial charge in [0, 0.05) is 13.0 Å². The van der Waals surface area contributed by atoms with E-state index in [-0.39, 0.29) is 6.42 Å². The van der Waals surface area contributed by atoms with Gasteiger partial charge >= 0.3 is 17.2 Å². The molecule has 0 saturated carbocycles. The van der Waals surface area contributed by atoms with Crippen molar-refractivity contribution in [3.8, 4) is 0 Å². The molecule has 0 saturated heterocycles. The monoisotopic (exact) mass is 319 g/mol. The van der Waals surface area contributed by atoms with Crippen LogP contribution in [0.5, 0.6) is 0 Å². The summed E-state index contributed by atoms with van der Waals surface area (Å²) in [5.74, 6) is -2.41. The maximum atomic E-state index is 9.79. The summed E-state index contributed by atoms with van der Waals surface area (Å²) in [5, 5.41) is 9.79. The van der Waals surface area contributed by atoms with E-state index in [1.165, 1.54) is 0 Å². The summed E-state index contributed by atoms with van der Waals surface area (Å²) in [7, 11) is -3.91. The van der Waals surface area contributed by atoms with E-state index >= 15 is 0 Å². The second kappa shape index (κ2) is 10.3. The van der Waals surface area contributed by atoms with Gasteiger partial charge in [-0.3, -0.25) is 9.05 Å². The van der Waals surface area contributed by atoms with Crippen molar-refractivity contribution in [1.29, 1.82) is 0 Å². The Hall–Kier alpha value is 0.540. The van der Waals surface area contributed by atoms with E-state index in [1.807, 2.05) is 11.9 Å². The fourth-order valence-corrected chi connectivity index (χ4v) is 2.27. The van der Waals surface area contributed by atoms with Gasteiger partial charge in [-0.25, -0.2) is 0 Å². The minimum absolute atomic E-state index is 0.143. The summed E-state index contributed by atoms with van der Waals surface area (Å²) < 4.78 is 8.81. The minimum Gasteiger partial charge on any atom is -0.343 e. The van der Waals surface area contributed by atoms with E-state index in [1.54, 1.807) is 0 Å². The van der Waals surface area contributed by atoms with Crippen LogP contribution in [0.15, 0.2) is 0 Å². The van der Waals surface area contributed by atoms with Crippen molar-refractivity contribution < 1.29 is 33.7 Å². The van der Waals surface area contributed by atoms with Gasteiger partial charge in [0.15, 0.2) is 0 Å². The minimum atomic E-state index is -2.87. The molecular weight excluding hydrogens is 296 g/mol. The van der Waals surface area contributed by atoms with E-state index < -0.39 is 23.2 Å². The summed E-state index contributed by atoms with van der Waals surface area (Å²) in [6.45, 7) is 3.24. The van der Waals surface area contributed by atoms with E-state index in [4.69, 9.17) is 19.6 Å². The van der Waals surface area contributed by atoms with Crippen LogP contribution in [0.2, 0.25) is 0 Å². The first-order valence-electron chi connectivity index (χ1n) is 5.94. The van der Waals surface area contributed by atoms with Gasteiger partial charge in [0.2, 0.25) is 0 Å². The molecule has 19 heavy (non-hydrogen) atoms. The van der Waals surface area contributed by atoms with Crippen molar-refractivity contribution in [3.05, 3.63) is 0 Å². The molecule has 0 spiro atoms. The molecule has 5 N–H and O–H groups in total. The van der Waals surface area contributed by atoms with Gasteiger partial charge in [-0.1, -0.05) is 19.8 Å². The molecule has 0 fully saturated rings. The van der Waals surface area contributed by atoms with Crippen LogP contribution >= 0.6 is 17.2 Å². The number of hydrogen-bond donors (Lipinski definition) is 5. The van der Waals surface area contributed by atoms with Gasteiger partial charge in [-0.15, -0.1) is 0 Å². The average molecular weight is 319 g/mol. The molecule has 0 rings (SSSR count). The number of aliphatic hydroxyl groups is 1. The van der Waals surface area contributed by atoms with Crippen LogP contribution in [0, 0.1) is 0 Å². The predicted octanol–water partition coefficient (Wildman–Crippen LogP) is 0.601. The van der Waals surface area contributed by atoms with Crippen molar-refractivity contribution in [3.63, 3.8) is 0 Å². The molecule has 0 aliphatic rings. The van der Waals surface area contributed by atoms with Gasteiger partial charge in [-0.05, 0) is 20.0 Å². The third-order valence-electron chi connectivity index (χ3n) is 2.40. The van der Waals surface area contributed by atoms with Gasteiger partial charge in [0.05, 0.1) is 0 Å². The SMILES string of the molecule is CCCCCN(C)CCC(O)(OP(O)O)OP(O)O. The zero-order valence-corrected chi connectivity index (χ0v) is 12.9. The molecule has 0 unspecified atom stereocenters. The molecule has 116 valence electrons. The molecule has 0 aliphatic heterocycles. The van der Waals surface area contributed by atoms with Gasteiger partial charge < -0.3 is 29.6 Å². The molecule has 0 aromatic heterocycles. The number of hydrogen-bond acceptors (Lipinski definition) is 8. The second-order valence-electron chi connectivity index (χ2n) is 4.16. The average Bonchev–Trinajstić information content (AvgIpc) is 2.24. The van der Waals surface area contributed by atoms with Crippen molar-refractivity contribution in [2.45, 2.75) is 38.6 Å². The highest BCUT2D eigenvalue weighted by Gasteiger charge is 2.35. The summed E-state index contributed by atoms with van der Waals surface area (Å²) >= 11 is 0. The first-order chi connectivity index (χ1) is 8.79. The Bertz CT molecular complexity index is 223. The van der Waals surface area contributed by atoms with Crippen LogP contribution in [-0.2, 0) is 9.05 Å². The molecule has 0 aromatic rings. The standard InChI is InChI=1S/C9H23NO7P2/c1-3-4-5-7-10(2)8-6-9(11,16-18(12)13)17-19(14)15/h11-15H,3-8H2,1-2H3. The highest BCUT2D eigenvalue weighted by Crippen LogP contribution is 2.40. The lowest BCUT2D eigenvalue weighted by Gasteiger charge is -2.29. The van der Waals surface area contributed by atoms with Crippen molar-refractivity contribution in [2.24, 2.45) is 0 Å². The fourth-order valence-electron chi connectivity index (χ4n) is 1.44. The maximum absolute atomic E-state index is 9.79. The van der Waals surface area contributed by atoms with Crippen molar-refractivity contribution in [1.82, 2.24) is 4.90 Å². The predicted molar refractivity (Wildman–Crippen MR) is 71.5 cm³/mol. The lowest BCUT2D eigenvalue weighted by molar-refractivity contribution is -0.282. The molecule has 0 bridgehead atoms. The van der Waals surface area contributed by atoms with E-state index in [2.05, 4.69) is 16.0 Å². The maximum Gasteiger partial charge on any atom is 0.331 e. The molecule has 0 amide bonds. The van der Waals surface area contributed by atoms with E-state index in [9.17, 15) is 5.11 Å². The molecule has 0 heterocycles. The van der Waals surface area contributed by atoms with E-state index in [0.29, 0.717) is 6.54 Å². The van der Waals surface area contributed by atoms with Crippen molar-refractivity contribution in [2.75, 3.05) is 20.1 Å². The normalized spacial score (nSPS) is 12.9. The lowest BCUT2D eigenvalue weighted by Crippen LogP contribution is -2.37. The third kappa shape index (κ3) is 10.9. The quantitative estimate of drug-likeness (QED) is 0.213. The topological polar surface area (TPSA) is 123 Å². The molecule has 10 heteroatoms. The lowest BCUT2D eigenvalue weighted by atomic mass is 10.2. The Balaban J connectivity index is 4.17. The van der Waals surface area contributed by atoms with Crippen LogP contribution in [-0.4, -0.2) is 55.7 Å².